The van der Waals surface area contributed by atoms with Crippen molar-refractivity contribution in [2.45, 2.75) is 20.3 Å². The maximum absolute atomic E-state index is 13.3. The largest absolute Gasteiger partial charge is 0.300 e. The van der Waals surface area contributed by atoms with Crippen LogP contribution in [-0.4, -0.2) is 5.78 Å². The van der Waals surface area contributed by atoms with Crippen LogP contribution in [0.1, 0.15) is 19.4 Å². The zero-order valence-corrected chi connectivity index (χ0v) is 9.77. The van der Waals surface area contributed by atoms with Gasteiger partial charge < -0.3 is 0 Å². The highest BCUT2D eigenvalue weighted by atomic mass is 79.9. The Morgan fingerprint density at radius 1 is 1.57 bits per heavy atom. The van der Waals surface area contributed by atoms with Crippen LogP contribution in [0.3, 0.4) is 0 Å². The van der Waals surface area contributed by atoms with Crippen molar-refractivity contribution in [2.75, 3.05) is 0 Å². The van der Waals surface area contributed by atoms with Crippen LogP contribution in [0.25, 0.3) is 0 Å². The summed E-state index contributed by atoms with van der Waals surface area (Å²) >= 11 is 3.27. The highest BCUT2D eigenvalue weighted by Crippen LogP contribution is 2.18. The number of halogens is 2. The predicted molar refractivity (Wildman–Crippen MR) is 57.6 cm³/mol. The average Bonchev–Trinajstić information content (AvgIpc) is 2.11. The Bertz CT molecular complexity index is 349. The van der Waals surface area contributed by atoms with Crippen molar-refractivity contribution in [3.8, 4) is 0 Å². The van der Waals surface area contributed by atoms with E-state index >= 15 is 0 Å². The van der Waals surface area contributed by atoms with Crippen molar-refractivity contribution in [2.24, 2.45) is 5.92 Å². The molecule has 1 nitrogen and oxygen atoms in total. The number of carbonyl (C=O) groups excluding carboxylic acids is 1. The Hall–Kier alpha value is -0.700. The number of hydrogen-bond donors (Lipinski definition) is 0. The molecule has 0 saturated heterocycles. The van der Waals surface area contributed by atoms with Crippen molar-refractivity contribution in [3.63, 3.8) is 0 Å². The summed E-state index contributed by atoms with van der Waals surface area (Å²) in [5.41, 5.74) is 0.585. The van der Waals surface area contributed by atoms with Crippen LogP contribution in [0.2, 0.25) is 0 Å². The van der Waals surface area contributed by atoms with E-state index in [-0.39, 0.29) is 17.5 Å². The summed E-state index contributed by atoms with van der Waals surface area (Å²) in [6, 6.07) is 4.78. The minimum Gasteiger partial charge on any atom is -0.300 e. The Balaban J connectivity index is 2.85. The van der Waals surface area contributed by atoms with Gasteiger partial charge in [-0.1, -0.05) is 22.9 Å². The Labute approximate surface area is 91.5 Å². The molecule has 14 heavy (non-hydrogen) atoms. The number of rotatable bonds is 3. The van der Waals surface area contributed by atoms with Gasteiger partial charge in [-0.15, -0.1) is 0 Å². The van der Waals surface area contributed by atoms with Crippen molar-refractivity contribution in [3.05, 3.63) is 34.1 Å². The summed E-state index contributed by atoms with van der Waals surface area (Å²) in [5, 5.41) is 0. The second kappa shape index (κ2) is 4.69. The molecule has 0 aliphatic heterocycles. The van der Waals surface area contributed by atoms with Gasteiger partial charge in [-0.25, -0.2) is 4.39 Å². The van der Waals surface area contributed by atoms with Gasteiger partial charge >= 0.3 is 0 Å². The molecule has 0 aliphatic carbocycles. The van der Waals surface area contributed by atoms with Gasteiger partial charge in [0.1, 0.15) is 11.6 Å². The number of benzene rings is 1. The van der Waals surface area contributed by atoms with Crippen molar-refractivity contribution >= 4 is 21.7 Å². The Morgan fingerprint density at radius 2 is 2.21 bits per heavy atom. The second-order valence-corrected chi connectivity index (χ2v) is 4.37. The number of ketones is 1. The Morgan fingerprint density at radius 3 is 2.79 bits per heavy atom. The zero-order chi connectivity index (χ0) is 10.7. The number of Topliss-reactive ketones (excluding diaryl/α,β-unsaturated/α-hetero) is 1. The lowest BCUT2D eigenvalue weighted by atomic mass is 9.98. The van der Waals surface area contributed by atoms with Crippen LogP contribution in [-0.2, 0) is 11.2 Å². The van der Waals surface area contributed by atoms with Gasteiger partial charge in [-0.2, -0.15) is 0 Å². The monoisotopic (exact) mass is 258 g/mol. The summed E-state index contributed by atoms with van der Waals surface area (Å²) in [6.45, 7) is 3.34. The summed E-state index contributed by atoms with van der Waals surface area (Å²) in [6.07, 6.45) is 0.459. The zero-order valence-electron chi connectivity index (χ0n) is 8.18. The van der Waals surface area contributed by atoms with Gasteiger partial charge in [-0.3, -0.25) is 4.79 Å². The van der Waals surface area contributed by atoms with Crippen LogP contribution < -0.4 is 0 Å². The predicted octanol–water partition coefficient (Wildman–Crippen LogP) is 3.36. The molecule has 0 saturated carbocycles. The molecule has 76 valence electrons. The molecule has 1 aromatic carbocycles. The fourth-order valence-corrected chi connectivity index (χ4v) is 1.58. The molecular weight excluding hydrogens is 247 g/mol. The van der Waals surface area contributed by atoms with Crippen LogP contribution in [0.5, 0.6) is 0 Å². The highest BCUT2D eigenvalue weighted by molar-refractivity contribution is 9.10. The summed E-state index contributed by atoms with van der Waals surface area (Å²) in [7, 11) is 0. The highest BCUT2D eigenvalue weighted by Gasteiger charge is 2.11. The first kappa shape index (κ1) is 11.4. The molecule has 3 heteroatoms. The second-order valence-electron chi connectivity index (χ2n) is 3.45. The summed E-state index contributed by atoms with van der Waals surface area (Å²) in [5.74, 6) is -0.288. The first-order valence-corrected chi connectivity index (χ1v) is 5.24. The van der Waals surface area contributed by atoms with Gasteiger partial charge in [0, 0.05) is 10.4 Å². The lowest BCUT2D eigenvalue weighted by Crippen LogP contribution is -2.10. The van der Waals surface area contributed by atoms with Crippen molar-refractivity contribution in [1.29, 1.82) is 0 Å². The van der Waals surface area contributed by atoms with Gasteiger partial charge in [-0.05, 0) is 37.1 Å². The fraction of sp³-hybridized carbons (Fsp3) is 0.364. The third-order valence-corrected chi connectivity index (χ3v) is 2.72. The van der Waals surface area contributed by atoms with Crippen LogP contribution in [0.15, 0.2) is 22.7 Å². The molecule has 0 radical (unpaired) electrons. The van der Waals surface area contributed by atoms with Gasteiger partial charge in [0.2, 0.25) is 0 Å². The molecule has 0 bridgehead atoms. The third-order valence-electron chi connectivity index (χ3n) is 2.23. The SMILES string of the molecule is CC(=O)C(C)Cc1cc(Br)ccc1F. The Kier molecular flexibility index (Phi) is 3.81. The molecule has 0 N–H and O–H groups in total. The fourth-order valence-electron chi connectivity index (χ4n) is 1.17. The van der Waals surface area contributed by atoms with E-state index in [1.165, 1.54) is 13.0 Å². The first-order valence-electron chi connectivity index (χ1n) is 4.45. The molecule has 0 heterocycles. The lowest BCUT2D eigenvalue weighted by Gasteiger charge is -2.08. The number of hydrogen-bond acceptors (Lipinski definition) is 1. The molecule has 1 aromatic rings. The van der Waals surface area contributed by atoms with Gasteiger partial charge in [0.05, 0.1) is 0 Å². The molecule has 0 spiro atoms. The summed E-state index contributed by atoms with van der Waals surface area (Å²) in [4.78, 5) is 11.0. The summed E-state index contributed by atoms with van der Waals surface area (Å²) < 4.78 is 14.1. The topological polar surface area (TPSA) is 17.1 Å². The molecule has 1 rings (SSSR count). The van der Waals surface area contributed by atoms with Crippen molar-refractivity contribution < 1.29 is 9.18 Å². The van der Waals surface area contributed by atoms with E-state index in [9.17, 15) is 9.18 Å². The van der Waals surface area contributed by atoms with E-state index in [4.69, 9.17) is 0 Å². The molecule has 0 amide bonds. The normalized spacial score (nSPS) is 12.6. The quantitative estimate of drug-likeness (QED) is 0.813. The molecule has 1 atom stereocenters. The molecular formula is C11H12BrFO. The van der Waals surface area contributed by atoms with Crippen molar-refractivity contribution in [1.82, 2.24) is 0 Å². The maximum atomic E-state index is 13.3. The molecule has 1 unspecified atom stereocenters. The maximum Gasteiger partial charge on any atom is 0.132 e. The van der Waals surface area contributed by atoms with E-state index in [1.54, 1.807) is 12.1 Å². The van der Waals surface area contributed by atoms with Crippen LogP contribution in [0, 0.1) is 11.7 Å². The van der Waals surface area contributed by atoms with E-state index in [1.807, 2.05) is 6.92 Å². The van der Waals surface area contributed by atoms with E-state index < -0.39 is 0 Å². The minimum absolute atomic E-state index is 0.0874. The van der Waals surface area contributed by atoms with Gasteiger partial charge in [0.25, 0.3) is 0 Å². The minimum atomic E-state index is -0.249. The standard InChI is InChI=1S/C11H12BrFO/c1-7(8(2)14)5-9-6-10(12)3-4-11(9)13/h3-4,6-7H,5H2,1-2H3. The van der Waals surface area contributed by atoms with E-state index in [0.29, 0.717) is 12.0 Å². The smallest absolute Gasteiger partial charge is 0.132 e. The van der Waals surface area contributed by atoms with Gasteiger partial charge in [0.15, 0.2) is 0 Å². The molecule has 0 aliphatic rings. The molecule has 0 fully saturated rings. The molecule has 0 aromatic heterocycles. The average molecular weight is 259 g/mol. The third kappa shape index (κ3) is 2.91. The number of carbonyl (C=O) groups is 1. The van der Waals surface area contributed by atoms with Crippen LogP contribution in [0.4, 0.5) is 4.39 Å². The first-order chi connectivity index (χ1) is 6.50. The van der Waals surface area contributed by atoms with Crippen LogP contribution >= 0.6 is 15.9 Å². The van der Waals surface area contributed by atoms with E-state index in [0.717, 1.165) is 4.47 Å². The lowest BCUT2D eigenvalue weighted by molar-refractivity contribution is -0.120. The van der Waals surface area contributed by atoms with E-state index in [2.05, 4.69) is 15.9 Å².